The molecule has 2 aliphatic carbocycles. The van der Waals surface area contributed by atoms with E-state index in [-0.39, 0.29) is 23.4 Å². The Balaban J connectivity index is 1.82. The van der Waals surface area contributed by atoms with Crippen molar-refractivity contribution in [3.63, 3.8) is 0 Å². The average molecular weight is 312 g/mol. The van der Waals surface area contributed by atoms with Crippen LogP contribution < -0.4 is 0 Å². The molecule has 0 radical (unpaired) electrons. The number of ketones is 2. The molecule has 2 aliphatic rings. The fourth-order valence-corrected chi connectivity index (χ4v) is 3.39. The van der Waals surface area contributed by atoms with Gasteiger partial charge in [-0.3, -0.25) is 9.59 Å². The Kier molecular flexibility index (Phi) is 6.32. The van der Waals surface area contributed by atoms with E-state index in [0.717, 1.165) is 38.5 Å². The molecule has 0 amide bonds. The quantitative estimate of drug-likeness (QED) is 0.638. The van der Waals surface area contributed by atoms with Gasteiger partial charge in [-0.15, -0.1) is 0 Å². The van der Waals surface area contributed by atoms with E-state index in [1.54, 1.807) is 0 Å². The van der Waals surface area contributed by atoms with E-state index in [0.29, 0.717) is 0 Å². The van der Waals surface area contributed by atoms with E-state index in [2.05, 4.69) is 39.0 Å². The van der Waals surface area contributed by atoms with Gasteiger partial charge < -0.3 is 0 Å². The lowest BCUT2D eigenvalue weighted by molar-refractivity contribution is -0.129. The van der Waals surface area contributed by atoms with Crippen molar-refractivity contribution in [1.82, 2.24) is 0 Å². The summed E-state index contributed by atoms with van der Waals surface area (Å²) in [7, 11) is 0. The summed E-state index contributed by atoms with van der Waals surface area (Å²) in [6.45, 7) is 6.46. The fraction of sp³-hybridized carbons (Fsp3) is 0.524. The van der Waals surface area contributed by atoms with Gasteiger partial charge in [-0.1, -0.05) is 34.9 Å². The minimum atomic E-state index is -0.102. The molecular weight excluding hydrogens is 284 g/mol. The van der Waals surface area contributed by atoms with Gasteiger partial charge in [0.1, 0.15) is 0 Å². The van der Waals surface area contributed by atoms with Gasteiger partial charge >= 0.3 is 0 Å². The molecule has 0 N–H and O–H groups in total. The number of hydrogen-bond donors (Lipinski definition) is 0. The Morgan fingerprint density at radius 2 is 1.74 bits per heavy atom. The highest BCUT2D eigenvalue weighted by Crippen LogP contribution is 2.35. The van der Waals surface area contributed by atoms with Crippen LogP contribution in [0.5, 0.6) is 0 Å². The molecule has 0 spiro atoms. The highest BCUT2D eigenvalue weighted by molar-refractivity contribution is 6.07. The largest absolute Gasteiger partial charge is 0.295 e. The molecule has 0 heterocycles. The van der Waals surface area contributed by atoms with Crippen molar-refractivity contribution in [1.29, 1.82) is 0 Å². The highest BCUT2D eigenvalue weighted by Gasteiger charge is 2.36. The maximum atomic E-state index is 12.0. The standard InChI is InChI=1S/C21H28O2/c1-15(2)6-4-7-16(3)8-5-9-17-10-11-18-19(14-17)21(23)13-12-20(18)22/h6,8,10,12-13,18-19H,4-5,7,9,11,14H2,1-3H3/b16-8+. The van der Waals surface area contributed by atoms with Crippen molar-refractivity contribution in [2.45, 2.75) is 59.3 Å². The highest BCUT2D eigenvalue weighted by atomic mass is 16.1. The summed E-state index contributed by atoms with van der Waals surface area (Å²) in [4.78, 5) is 23.8. The van der Waals surface area contributed by atoms with Gasteiger partial charge in [-0.05, 0) is 71.4 Å². The third-order valence-corrected chi connectivity index (χ3v) is 4.82. The van der Waals surface area contributed by atoms with Gasteiger partial charge in [-0.25, -0.2) is 0 Å². The van der Waals surface area contributed by atoms with Gasteiger partial charge in [0.2, 0.25) is 0 Å². The third kappa shape index (κ3) is 5.16. The molecule has 0 saturated carbocycles. The van der Waals surface area contributed by atoms with Crippen molar-refractivity contribution >= 4 is 11.6 Å². The summed E-state index contributed by atoms with van der Waals surface area (Å²) < 4.78 is 0. The first-order chi connectivity index (χ1) is 11.0. The normalized spacial score (nSPS) is 24.3. The van der Waals surface area contributed by atoms with Crippen LogP contribution >= 0.6 is 0 Å². The Morgan fingerprint density at radius 1 is 1.04 bits per heavy atom. The Bertz CT molecular complexity index is 583. The number of hydrogen-bond acceptors (Lipinski definition) is 2. The summed E-state index contributed by atoms with van der Waals surface area (Å²) in [5.74, 6) is 0.0569. The average Bonchev–Trinajstić information content (AvgIpc) is 2.51. The van der Waals surface area contributed by atoms with E-state index in [4.69, 9.17) is 0 Å². The smallest absolute Gasteiger partial charge is 0.159 e. The van der Waals surface area contributed by atoms with Crippen LogP contribution in [0.2, 0.25) is 0 Å². The molecule has 2 heteroatoms. The summed E-state index contributed by atoms with van der Waals surface area (Å²) in [6.07, 6.45) is 15.5. The first kappa shape index (κ1) is 17.7. The summed E-state index contributed by atoms with van der Waals surface area (Å²) >= 11 is 0. The summed E-state index contributed by atoms with van der Waals surface area (Å²) in [5.41, 5.74) is 4.15. The lowest BCUT2D eigenvalue weighted by Gasteiger charge is -2.30. The van der Waals surface area contributed by atoms with Crippen LogP contribution in [0.4, 0.5) is 0 Å². The Morgan fingerprint density at radius 3 is 2.43 bits per heavy atom. The number of fused-ring (bicyclic) bond motifs is 1. The fourth-order valence-electron chi connectivity index (χ4n) is 3.39. The van der Waals surface area contributed by atoms with E-state index >= 15 is 0 Å². The number of rotatable bonds is 6. The lowest BCUT2D eigenvalue weighted by atomic mass is 9.72. The van der Waals surface area contributed by atoms with Gasteiger partial charge in [0.15, 0.2) is 11.6 Å². The number of carbonyl (C=O) groups excluding carboxylic acids is 2. The van der Waals surface area contributed by atoms with Crippen LogP contribution in [0, 0.1) is 11.8 Å². The molecule has 124 valence electrons. The summed E-state index contributed by atoms with van der Waals surface area (Å²) in [5, 5.41) is 0. The first-order valence-electron chi connectivity index (χ1n) is 8.70. The van der Waals surface area contributed by atoms with E-state index in [1.807, 2.05) is 0 Å². The van der Waals surface area contributed by atoms with Crippen LogP contribution in [-0.2, 0) is 9.59 Å². The van der Waals surface area contributed by atoms with Crippen LogP contribution in [0.3, 0.4) is 0 Å². The molecular formula is C21H28O2. The van der Waals surface area contributed by atoms with E-state index in [9.17, 15) is 9.59 Å². The van der Waals surface area contributed by atoms with Crippen LogP contribution in [0.15, 0.2) is 47.1 Å². The SMILES string of the molecule is CC(C)=CCC/C(C)=C/CCC1=CCC2C(=O)C=CC(=O)C2C1. The van der Waals surface area contributed by atoms with Crippen molar-refractivity contribution in [3.8, 4) is 0 Å². The molecule has 23 heavy (non-hydrogen) atoms. The molecule has 2 atom stereocenters. The van der Waals surface area contributed by atoms with E-state index in [1.165, 1.54) is 28.9 Å². The second-order valence-electron chi connectivity index (χ2n) is 7.06. The second-order valence-corrected chi connectivity index (χ2v) is 7.06. The van der Waals surface area contributed by atoms with E-state index < -0.39 is 0 Å². The molecule has 0 aliphatic heterocycles. The molecule has 0 aromatic heterocycles. The van der Waals surface area contributed by atoms with Gasteiger partial charge in [0, 0.05) is 11.8 Å². The number of allylic oxidation sites excluding steroid dienone is 8. The molecule has 2 nitrogen and oxygen atoms in total. The Labute approximate surface area is 140 Å². The molecule has 0 aromatic rings. The van der Waals surface area contributed by atoms with Crippen LogP contribution in [0.25, 0.3) is 0 Å². The van der Waals surface area contributed by atoms with Crippen molar-refractivity contribution in [2.75, 3.05) is 0 Å². The molecule has 0 aromatic carbocycles. The van der Waals surface area contributed by atoms with Crippen LogP contribution in [-0.4, -0.2) is 11.6 Å². The minimum Gasteiger partial charge on any atom is -0.295 e. The monoisotopic (exact) mass is 312 g/mol. The maximum Gasteiger partial charge on any atom is 0.159 e. The molecule has 2 unspecified atom stereocenters. The second kappa shape index (κ2) is 8.24. The third-order valence-electron chi connectivity index (χ3n) is 4.82. The predicted octanol–water partition coefficient (Wildman–Crippen LogP) is 5.12. The molecule has 2 rings (SSSR count). The van der Waals surface area contributed by atoms with Crippen molar-refractivity contribution in [2.24, 2.45) is 11.8 Å². The first-order valence-corrected chi connectivity index (χ1v) is 8.70. The zero-order chi connectivity index (χ0) is 16.8. The molecule has 0 fully saturated rings. The number of carbonyl (C=O) groups is 2. The molecule has 0 bridgehead atoms. The maximum absolute atomic E-state index is 12.0. The van der Waals surface area contributed by atoms with Crippen molar-refractivity contribution in [3.05, 3.63) is 47.1 Å². The minimum absolute atomic E-state index is 0.0994. The zero-order valence-electron chi connectivity index (χ0n) is 14.6. The summed E-state index contributed by atoms with van der Waals surface area (Å²) in [6, 6.07) is 0. The zero-order valence-corrected chi connectivity index (χ0v) is 14.6. The van der Waals surface area contributed by atoms with Crippen molar-refractivity contribution < 1.29 is 9.59 Å². The molecule has 0 saturated heterocycles. The lowest BCUT2D eigenvalue weighted by Crippen LogP contribution is -2.34. The van der Waals surface area contributed by atoms with Gasteiger partial charge in [0.25, 0.3) is 0 Å². The topological polar surface area (TPSA) is 34.1 Å². The van der Waals surface area contributed by atoms with Gasteiger partial charge in [0.05, 0.1) is 0 Å². The van der Waals surface area contributed by atoms with Crippen LogP contribution in [0.1, 0.15) is 59.3 Å². The van der Waals surface area contributed by atoms with Gasteiger partial charge in [-0.2, -0.15) is 0 Å². The predicted molar refractivity (Wildman–Crippen MR) is 95.1 cm³/mol. The Hall–Kier alpha value is -1.70.